The van der Waals surface area contributed by atoms with E-state index in [0.29, 0.717) is 6.61 Å². The lowest BCUT2D eigenvalue weighted by molar-refractivity contribution is 0.0918. The summed E-state index contributed by atoms with van der Waals surface area (Å²) < 4.78 is 9.64. The standard InChI is InChI=1S/C12H24N2O4/c1-2-3-7-10(18-12(14)16)8-5-4-6-9-17-11(13)15/h10H,2-9H2,1H3,(H2,13,15)(H2,14,16). The zero-order valence-corrected chi connectivity index (χ0v) is 11.0. The number of hydrogen-bond acceptors (Lipinski definition) is 4. The van der Waals surface area contributed by atoms with Gasteiger partial charge < -0.3 is 20.9 Å². The molecule has 0 fully saturated rings. The van der Waals surface area contributed by atoms with Crippen molar-refractivity contribution in [1.29, 1.82) is 0 Å². The minimum atomic E-state index is -0.743. The van der Waals surface area contributed by atoms with Crippen LogP contribution in [0.5, 0.6) is 0 Å². The lowest BCUT2D eigenvalue weighted by Crippen LogP contribution is -2.22. The molecule has 1 atom stereocenters. The van der Waals surface area contributed by atoms with Crippen LogP contribution in [0.1, 0.15) is 51.9 Å². The molecule has 2 amide bonds. The number of hydrogen-bond donors (Lipinski definition) is 2. The first-order chi connectivity index (χ1) is 8.56. The number of rotatable bonds is 10. The average Bonchev–Trinajstić information content (AvgIpc) is 2.29. The van der Waals surface area contributed by atoms with E-state index in [4.69, 9.17) is 16.2 Å². The van der Waals surface area contributed by atoms with Crippen molar-refractivity contribution in [2.24, 2.45) is 11.5 Å². The predicted octanol–water partition coefficient (Wildman–Crippen LogP) is 2.30. The summed E-state index contributed by atoms with van der Waals surface area (Å²) in [5.41, 5.74) is 9.85. The van der Waals surface area contributed by atoms with Gasteiger partial charge in [0.2, 0.25) is 0 Å². The van der Waals surface area contributed by atoms with Gasteiger partial charge in [-0.1, -0.05) is 19.8 Å². The third-order valence-corrected chi connectivity index (χ3v) is 2.58. The monoisotopic (exact) mass is 260 g/mol. The van der Waals surface area contributed by atoms with Gasteiger partial charge in [0.25, 0.3) is 0 Å². The fourth-order valence-electron chi connectivity index (χ4n) is 1.68. The van der Waals surface area contributed by atoms with Crippen LogP contribution in [0.3, 0.4) is 0 Å². The Kier molecular flexibility index (Phi) is 9.81. The Morgan fingerprint density at radius 3 is 2.22 bits per heavy atom. The Morgan fingerprint density at radius 2 is 1.67 bits per heavy atom. The summed E-state index contributed by atoms with van der Waals surface area (Å²) in [6.07, 6.45) is 4.73. The largest absolute Gasteiger partial charge is 0.450 e. The highest BCUT2D eigenvalue weighted by atomic mass is 16.6. The maximum absolute atomic E-state index is 10.7. The summed E-state index contributed by atoms with van der Waals surface area (Å²) in [4.78, 5) is 21.0. The van der Waals surface area contributed by atoms with Gasteiger partial charge in [-0.25, -0.2) is 9.59 Å². The minimum absolute atomic E-state index is 0.0977. The average molecular weight is 260 g/mol. The molecule has 0 radical (unpaired) electrons. The summed E-state index contributed by atoms with van der Waals surface area (Å²) in [7, 11) is 0. The molecule has 0 aromatic rings. The van der Waals surface area contributed by atoms with Crippen molar-refractivity contribution in [3.8, 4) is 0 Å². The van der Waals surface area contributed by atoms with Gasteiger partial charge in [-0.3, -0.25) is 0 Å². The van der Waals surface area contributed by atoms with E-state index in [1.54, 1.807) is 0 Å². The molecule has 4 N–H and O–H groups in total. The van der Waals surface area contributed by atoms with Crippen LogP contribution in [0, 0.1) is 0 Å². The summed E-state index contributed by atoms with van der Waals surface area (Å²) >= 11 is 0. The predicted molar refractivity (Wildman–Crippen MR) is 68.0 cm³/mol. The first kappa shape index (κ1) is 16.5. The van der Waals surface area contributed by atoms with Crippen molar-refractivity contribution in [3.63, 3.8) is 0 Å². The van der Waals surface area contributed by atoms with E-state index in [0.717, 1.165) is 44.9 Å². The third kappa shape index (κ3) is 11.0. The van der Waals surface area contributed by atoms with Crippen LogP contribution in [0.4, 0.5) is 9.59 Å². The third-order valence-electron chi connectivity index (χ3n) is 2.58. The van der Waals surface area contributed by atoms with Gasteiger partial charge in [0.1, 0.15) is 6.10 Å². The molecule has 0 aromatic carbocycles. The molecule has 0 aromatic heterocycles. The van der Waals surface area contributed by atoms with E-state index < -0.39 is 12.2 Å². The normalized spacial score (nSPS) is 11.8. The zero-order valence-electron chi connectivity index (χ0n) is 11.0. The number of carbonyl (C=O) groups is 2. The fourth-order valence-corrected chi connectivity index (χ4v) is 1.68. The van der Waals surface area contributed by atoms with E-state index in [2.05, 4.69) is 11.7 Å². The maximum Gasteiger partial charge on any atom is 0.404 e. The first-order valence-electron chi connectivity index (χ1n) is 6.44. The Labute approximate surface area is 108 Å². The summed E-state index contributed by atoms with van der Waals surface area (Å²) in [6.45, 7) is 2.42. The van der Waals surface area contributed by atoms with Gasteiger partial charge in [0.15, 0.2) is 0 Å². The van der Waals surface area contributed by atoms with Crippen molar-refractivity contribution >= 4 is 12.2 Å². The first-order valence-corrected chi connectivity index (χ1v) is 6.44. The number of primary amides is 2. The molecule has 6 nitrogen and oxygen atoms in total. The SMILES string of the molecule is CCCCC(CCCCCOC(N)=O)OC(N)=O. The summed E-state index contributed by atoms with van der Waals surface area (Å²) in [5, 5.41) is 0. The number of nitrogens with two attached hydrogens (primary N) is 2. The van der Waals surface area contributed by atoms with Crippen LogP contribution in [0.2, 0.25) is 0 Å². The van der Waals surface area contributed by atoms with Gasteiger partial charge in [-0.15, -0.1) is 0 Å². The van der Waals surface area contributed by atoms with Gasteiger partial charge in [0.05, 0.1) is 6.61 Å². The highest BCUT2D eigenvalue weighted by molar-refractivity contribution is 5.64. The Morgan fingerprint density at radius 1 is 1.00 bits per heavy atom. The highest BCUT2D eigenvalue weighted by Gasteiger charge is 2.11. The number of amides is 2. The second kappa shape index (κ2) is 10.7. The van der Waals surface area contributed by atoms with Crippen molar-refractivity contribution in [3.05, 3.63) is 0 Å². The van der Waals surface area contributed by atoms with E-state index in [-0.39, 0.29) is 6.10 Å². The molecule has 0 bridgehead atoms. The second-order valence-corrected chi connectivity index (χ2v) is 4.22. The lowest BCUT2D eigenvalue weighted by atomic mass is 10.1. The van der Waals surface area contributed by atoms with Crippen molar-refractivity contribution in [2.45, 2.75) is 58.0 Å². The molecule has 0 aliphatic carbocycles. The number of carbonyl (C=O) groups excluding carboxylic acids is 2. The second-order valence-electron chi connectivity index (χ2n) is 4.22. The molecule has 0 aliphatic rings. The van der Waals surface area contributed by atoms with E-state index in [1.807, 2.05) is 0 Å². The van der Waals surface area contributed by atoms with Crippen molar-refractivity contribution in [2.75, 3.05) is 6.61 Å². The number of ether oxygens (including phenoxy) is 2. The quantitative estimate of drug-likeness (QED) is 0.588. The molecule has 0 spiro atoms. The molecular weight excluding hydrogens is 236 g/mol. The smallest absolute Gasteiger partial charge is 0.404 e. The number of unbranched alkanes of at least 4 members (excludes halogenated alkanes) is 3. The molecule has 18 heavy (non-hydrogen) atoms. The highest BCUT2D eigenvalue weighted by Crippen LogP contribution is 2.13. The van der Waals surface area contributed by atoms with E-state index in [1.165, 1.54) is 0 Å². The van der Waals surface area contributed by atoms with E-state index >= 15 is 0 Å². The fraction of sp³-hybridized carbons (Fsp3) is 0.833. The van der Waals surface area contributed by atoms with Crippen molar-refractivity contribution < 1.29 is 19.1 Å². The molecule has 106 valence electrons. The maximum atomic E-state index is 10.7. The Bertz CT molecular complexity index is 246. The molecule has 0 saturated carbocycles. The molecular formula is C12H24N2O4. The van der Waals surface area contributed by atoms with Gasteiger partial charge >= 0.3 is 12.2 Å². The molecule has 0 heterocycles. The molecule has 0 rings (SSSR count). The van der Waals surface area contributed by atoms with Crippen LogP contribution in [-0.4, -0.2) is 24.9 Å². The van der Waals surface area contributed by atoms with Gasteiger partial charge in [0, 0.05) is 0 Å². The van der Waals surface area contributed by atoms with Gasteiger partial charge in [-0.2, -0.15) is 0 Å². The Hall–Kier alpha value is -1.46. The van der Waals surface area contributed by atoms with E-state index in [9.17, 15) is 9.59 Å². The minimum Gasteiger partial charge on any atom is -0.450 e. The summed E-state index contributed by atoms with van der Waals surface area (Å²) in [5.74, 6) is 0. The van der Waals surface area contributed by atoms with Crippen LogP contribution in [0.15, 0.2) is 0 Å². The van der Waals surface area contributed by atoms with Crippen LogP contribution in [-0.2, 0) is 9.47 Å². The Balaban J connectivity index is 3.61. The van der Waals surface area contributed by atoms with Crippen LogP contribution >= 0.6 is 0 Å². The molecule has 6 heteroatoms. The van der Waals surface area contributed by atoms with Crippen LogP contribution in [0.25, 0.3) is 0 Å². The molecule has 0 saturated heterocycles. The molecule has 0 aliphatic heterocycles. The molecule has 1 unspecified atom stereocenters. The zero-order chi connectivity index (χ0) is 13.8. The topological polar surface area (TPSA) is 105 Å². The van der Waals surface area contributed by atoms with Crippen LogP contribution < -0.4 is 11.5 Å². The summed E-state index contributed by atoms with van der Waals surface area (Å²) in [6, 6.07) is 0. The lowest BCUT2D eigenvalue weighted by Gasteiger charge is -2.16. The van der Waals surface area contributed by atoms with Crippen molar-refractivity contribution in [1.82, 2.24) is 0 Å². The van der Waals surface area contributed by atoms with Gasteiger partial charge in [-0.05, 0) is 32.1 Å².